The lowest BCUT2D eigenvalue weighted by Crippen LogP contribution is -2.17. The summed E-state index contributed by atoms with van der Waals surface area (Å²) in [6.45, 7) is 0.635. The third-order valence-corrected chi connectivity index (χ3v) is 3.35. The molecule has 3 heterocycles. The number of nitrogens with one attached hydrogen (secondary N) is 1. The molecule has 2 aromatic rings. The molecule has 0 aliphatic carbocycles. The van der Waals surface area contributed by atoms with Crippen LogP contribution in [-0.2, 0) is 11.2 Å². The van der Waals surface area contributed by atoms with Crippen molar-refractivity contribution in [1.82, 2.24) is 19.9 Å². The van der Waals surface area contributed by atoms with E-state index in [-0.39, 0.29) is 11.9 Å². The molecule has 1 atom stereocenters. The molecule has 1 amide bonds. The molecular formula is C12H13ClN4O. The SMILES string of the molecule is O=C1CC(n2c(CCCl)nc3cccnc32)CN1. The van der Waals surface area contributed by atoms with Crippen LogP contribution in [0.5, 0.6) is 0 Å². The molecule has 0 radical (unpaired) electrons. The molecular weight excluding hydrogens is 252 g/mol. The molecule has 1 aliphatic heterocycles. The number of amides is 1. The standard InChI is InChI=1S/C12H13ClN4O/c13-4-3-10-16-9-2-1-5-14-12(9)17(10)8-6-11(18)15-7-8/h1-2,5,8H,3-4,6-7H2,(H,15,18). The van der Waals surface area contributed by atoms with E-state index in [2.05, 4.69) is 19.9 Å². The molecule has 1 aliphatic rings. The molecule has 0 bridgehead atoms. The van der Waals surface area contributed by atoms with Crippen LogP contribution >= 0.6 is 11.6 Å². The first kappa shape index (κ1) is 11.5. The molecule has 0 saturated carbocycles. The minimum atomic E-state index is 0.0783. The van der Waals surface area contributed by atoms with Gasteiger partial charge in [-0.3, -0.25) is 4.79 Å². The molecule has 5 nitrogen and oxygen atoms in total. The van der Waals surface area contributed by atoms with E-state index in [0.29, 0.717) is 25.3 Å². The fourth-order valence-corrected chi connectivity index (χ4v) is 2.56. The largest absolute Gasteiger partial charge is 0.354 e. The molecule has 1 unspecified atom stereocenters. The van der Waals surface area contributed by atoms with Crippen LogP contribution in [0.2, 0.25) is 0 Å². The van der Waals surface area contributed by atoms with Crippen molar-refractivity contribution >= 4 is 28.7 Å². The molecule has 0 aromatic carbocycles. The average molecular weight is 265 g/mol. The summed E-state index contributed by atoms with van der Waals surface area (Å²) in [6, 6.07) is 3.89. The summed E-state index contributed by atoms with van der Waals surface area (Å²) in [5, 5.41) is 2.84. The second kappa shape index (κ2) is 4.57. The number of imidazole rings is 1. The second-order valence-electron chi connectivity index (χ2n) is 4.35. The molecule has 0 spiro atoms. The number of pyridine rings is 1. The van der Waals surface area contributed by atoms with E-state index >= 15 is 0 Å². The van der Waals surface area contributed by atoms with E-state index in [4.69, 9.17) is 11.6 Å². The van der Waals surface area contributed by atoms with E-state index in [1.165, 1.54) is 0 Å². The number of hydrogen-bond donors (Lipinski definition) is 1. The van der Waals surface area contributed by atoms with Gasteiger partial charge >= 0.3 is 0 Å². The average Bonchev–Trinajstić information content (AvgIpc) is 2.92. The first-order valence-corrected chi connectivity index (χ1v) is 6.47. The molecule has 94 valence electrons. The summed E-state index contributed by atoms with van der Waals surface area (Å²) in [5.74, 6) is 1.49. The Bertz CT molecular complexity index is 595. The summed E-state index contributed by atoms with van der Waals surface area (Å²) in [4.78, 5) is 20.3. The zero-order valence-electron chi connectivity index (χ0n) is 9.77. The normalized spacial score (nSPS) is 19.4. The lowest BCUT2D eigenvalue weighted by Gasteiger charge is -2.13. The van der Waals surface area contributed by atoms with Gasteiger partial charge in [0.1, 0.15) is 11.3 Å². The quantitative estimate of drug-likeness (QED) is 0.850. The summed E-state index contributed by atoms with van der Waals surface area (Å²) in [7, 11) is 0. The summed E-state index contributed by atoms with van der Waals surface area (Å²) < 4.78 is 2.05. The van der Waals surface area contributed by atoms with Crippen LogP contribution in [-0.4, -0.2) is 32.9 Å². The summed E-state index contributed by atoms with van der Waals surface area (Å²) in [6.07, 6.45) is 2.91. The van der Waals surface area contributed by atoms with Crippen molar-refractivity contribution < 1.29 is 4.79 Å². The predicted octanol–water partition coefficient (Wildman–Crippen LogP) is 1.27. The number of carbonyl (C=O) groups is 1. The lowest BCUT2D eigenvalue weighted by molar-refractivity contribution is -0.119. The first-order valence-electron chi connectivity index (χ1n) is 5.94. The van der Waals surface area contributed by atoms with E-state index in [9.17, 15) is 4.79 Å². The summed E-state index contributed by atoms with van der Waals surface area (Å²) in [5.41, 5.74) is 1.69. The second-order valence-corrected chi connectivity index (χ2v) is 4.72. The highest BCUT2D eigenvalue weighted by atomic mass is 35.5. The highest BCUT2D eigenvalue weighted by molar-refractivity contribution is 6.17. The van der Waals surface area contributed by atoms with Crippen LogP contribution in [0.3, 0.4) is 0 Å². The molecule has 6 heteroatoms. The van der Waals surface area contributed by atoms with Crippen LogP contribution in [0.4, 0.5) is 0 Å². The lowest BCUT2D eigenvalue weighted by atomic mass is 10.2. The minimum absolute atomic E-state index is 0.0783. The number of carbonyl (C=O) groups excluding carboxylic acids is 1. The van der Waals surface area contributed by atoms with Crippen molar-refractivity contribution in [1.29, 1.82) is 0 Å². The Labute approximate surface area is 109 Å². The van der Waals surface area contributed by atoms with Crippen molar-refractivity contribution in [2.75, 3.05) is 12.4 Å². The molecule has 3 rings (SSSR count). The Morgan fingerprint density at radius 1 is 1.56 bits per heavy atom. The van der Waals surface area contributed by atoms with Crippen LogP contribution in [0.15, 0.2) is 18.3 Å². The number of nitrogens with zero attached hydrogens (tertiary/aromatic N) is 3. The predicted molar refractivity (Wildman–Crippen MR) is 68.6 cm³/mol. The van der Waals surface area contributed by atoms with Gasteiger partial charge in [0, 0.05) is 31.5 Å². The van der Waals surface area contributed by atoms with Crippen LogP contribution in [0.1, 0.15) is 18.3 Å². The van der Waals surface area contributed by atoms with Crippen molar-refractivity contribution in [2.24, 2.45) is 0 Å². The van der Waals surface area contributed by atoms with Gasteiger partial charge in [-0.05, 0) is 12.1 Å². The van der Waals surface area contributed by atoms with Gasteiger partial charge in [0.2, 0.25) is 5.91 Å². The van der Waals surface area contributed by atoms with E-state index in [1.807, 2.05) is 12.1 Å². The smallest absolute Gasteiger partial charge is 0.222 e. The first-order chi connectivity index (χ1) is 8.79. The number of halogens is 1. The molecule has 1 N–H and O–H groups in total. The van der Waals surface area contributed by atoms with Gasteiger partial charge in [0.25, 0.3) is 0 Å². The molecule has 18 heavy (non-hydrogen) atoms. The van der Waals surface area contributed by atoms with Crippen LogP contribution < -0.4 is 5.32 Å². The van der Waals surface area contributed by atoms with Gasteiger partial charge in [-0.1, -0.05) is 0 Å². The van der Waals surface area contributed by atoms with Gasteiger partial charge in [-0.15, -0.1) is 11.6 Å². The van der Waals surface area contributed by atoms with Gasteiger partial charge in [0.15, 0.2) is 5.65 Å². The third-order valence-electron chi connectivity index (χ3n) is 3.16. The van der Waals surface area contributed by atoms with Crippen molar-refractivity contribution in [3.63, 3.8) is 0 Å². The maximum Gasteiger partial charge on any atom is 0.222 e. The van der Waals surface area contributed by atoms with E-state index in [1.54, 1.807) is 6.20 Å². The van der Waals surface area contributed by atoms with Gasteiger partial charge in [0.05, 0.1) is 6.04 Å². The highest BCUT2D eigenvalue weighted by Crippen LogP contribution is 2.24. The monoisotopic (exact) mass is 264 g/mol. The Morgan fingerprint density at radius 2 is 2.44 bits per heavy atom. The van der Waals surface area contributed by atoms with Crippen LogP contribution in [0.25, 0.3) is 11.2 Å². The number of hydrogen-bond acceptors (Lipinski definition) is 3. The van der Waals surface area contributed by atoms with Gasteiger partial charge in [-0.25, -0.2) is 9.97 Å². The fourth-order valence-electron chi connectivity index (χ4n) is 2.39. The topological polar surface area (TPSA) is 59.8 Å². The zero-order chi connectivity index (χ0) is 12.5. The zero-order valence-corrected chi connectivity index (χ0v) is 10.5. The van der Waals surface area contributed by atoms with Crippen molar-refractivity contribution in [3.05, 3.63) is 24.2 Å². The van der Waals surface area contributed by atoms with Gasteiger partial charge in [-0.2, -0.15) is 0 Å². The van der Waals surface area contributed by atoms with Gasteiger partial charge < -0.3 is 9.88 Å². The third kappa shape index (κ3) is 1.84. The Balaban J connectivity index is 2.11. The maximum atomic E-state index is 11.4. The summed E-state index contributed by atoms with van der Waals surface area (Å²) >= 11 is 5.81. The maximum absolute atomic E-state index is 11.4. The van der Waals surface area contributed by atoms with E-state index in [0.717, 1.165) is 17.0 Å². The highest BCUT2D eigenvalue weighted by Gasteiger charge is 2.27. The number of aromatic nitrogens is 3. The Kier molecular flexibility index (Phi) is 2.91. The molecule has 1 saturated heterocycles. The van der Waals surface area contributed by atoms with E-state index < -0.39 is 0 Å². The molecule has 2 aromatic heterocycles. The number of aryl methyl sites for hydroxylation is 1. The fraction of sp³-hybridized carbons (Fsp3) is 0.417. The molecule has 1 fully saturated rings. The Morgan fingerprint density at radius 3 is 3.17 bits per heavy atom. The van der Waals surface area contributed by atoms with Crippen molar-refractivity contribution in [2.45, 2.75) is 18.9 Å². The Hall–Kier alpha value is -1.62. The number of alkyl halides is 1. The van der Waals surface area contributed by atoms with Crippen LogP contribution in [0, 0.1) is 0 Å². The number of rotatable bonds is 3. The minimum Gasteiger partial charge on any atom is -0.354 e. The van der Waals surface area contributed by atoms with Crippen molar-refractivity contribution in [3.8, 4) is 0 Å². The number of fused-ring (bicyclic) bond motifs is 1.